The van der Waals surface area contributed by atoms with E-state index in [9.17, 15) is 4.79 Å². The molecule has 0 aliphatic rings. The Morgan fingerprint density at radius 1 is 1.16 bits per heavy atom. The third-order valence-corrected chi connectivity index (χ3v) is 3.81. The molecule has 0 saturated carbocycles. The van der Waals surface area contributed by atoms with Gasteiger partial charge < -0.3 is 5.73 Å². The Labute approximate surface area is 129 Å². The van der Waals surface area contributed by atoms with E-state index in [2.05, 4.69) is 15.9 Å². The van der Waals surface area contributed by atoms with Crippen molar-refractivity contribution < 1.29 is 4.79 Å². The van der Waals surface area contributed by atoms with Gasteiger partial charge in [-0.05, 0) is 35.9 Å². The fraction of sp³-hybridized carbons (Fsp3) is 0.0714. The summed E-state index contributed by atoms with van der Waals surface area (Å²) in [6.45, 7) is 0. The Morgan fingerprint density at radius 3 is 2.37 bits per heavy atom. The normalized spacial score (nSPS) is 10.5. The smallest absolute Gasteiger partial charge is 0.167 e. The molecule has 5 heteroatoms. The van der Waals surface area contributed by atoms with Gasteiger partial charge in [0, 0.05) is 32.2 Å². The molecular formula is C14H10BrCl2NO. The molecule has 0 bridgehead atoms. The number of nitrogen functional groups attached to an aromatic ring is 1. The van der Waals surface area contributed by atoms with E-state index in [4.69, 9.17) is 28.9 Å². The number of anilines is 1. The molecule has 0 saturated heterocycles. The number of hydrogen-bond acceptors (Lipinski definition) is 2. The standard InChI is InChI=1S/C14H10BrCl2NO/c15-9-4-8(5-10(18)6-9)14(19)7-11-12(16)2-1-3-13(11)17/h1-6H,7,18H2. The van der Waals surface area contributed by atoms with Crippen LogP contribution >= 0.6 is 39.1 Å². The van der Waals surface area contributed by atoms with Crippen LogP contribution in [0.25, 0.3) is 0 Å². The summed E-state index contributed by atoms with van der Waals surface area (Å²) in [5, 5.41) is 0.979. The van der Waals surface area contributed by atoms with Gasteiger partial charge in [-0.1, -0.05) is 45.2 Å². The predicted molar refractivity (Wildman–Crippen MR) is 83.1 cm³/mol. The number of carbonyl (C=O) groups excluding carboxylic acids is 1. The van der Waals surface area contributed by atoms with E-state index in [0.29, 0.717) is 26.9 Å². The number of carbonyl (C=O) groups is 1. The Morgan fingerprint density at radius 2 is 1.79 bits per heavy atom. The van der Waals surface area contributed by atoms with Gasteiger partial charge in [-0.2, -0.15) is 0 Å². The molecule has 2 rings (SSSR count). The van der Waals surface area contributed by atoms with Crippen LogP contribution in [0.1, 0.15) is 15.9 Å². The molecule has 0 aromatic heterocycles. The average Bonchev–Trinajstić information content (AvgIpc) is 2.32. The van der Waals surface area contributed by atoms with Crippen LogP contribution in [-0.4, -0.2) is 5.78 Å². The van der Waals surface area contributed by atoms with E-state index in [0.717, 1.165) is 4.47 Å². The molecule has 2 N–H and O–H groups in total. The first-order valence-electron chi connectivity index (χ1n) is 5.49. The first kappa shape index (κ1) is 14.4. The molecule has 98 valence electrons. The summed E-state index contributed by atoms with van der Waals surface area (Å²) < 4.78 is 0.765. The van der Waals surface area contributed by atoms with E-state index in [-0.39, 0.29) is 12.2 Å². The second kappa shape index (κ2) is 5.95. The van der Waals surface area contributed by atoms with Crippen LogP contribution in [0.15, 0.2) is 40.9 Å². The molecule has 2 nitrogen and oxygen atoms in total. The van der Waals surface area contributed by atoms with Gasteiger partial charge in [-0.15, -0.1) is 0 Å². The van der Waals surface area contributed by atoms with Gasteiger partial charge in [-0.3, -0.25) is 4.79 Å². The molecular weight excluding hydrogens is 349 g/mol. The van der Waals surface area contributed by atoms with Crippen LogP contribution < -0.4 is 5.73 Å². The van der Waals surface area contributed by atoms with Gasteiger partial charge in [0.25, 0.3) is 0 Å². The number of rotatable bonds is 3. The summed E-state index contributed by atoms with van der Waals surface area (Å²) in [5.74, 6) is -0.0806. The Kier molecular flexibility index (Phi) is 4.50. The summed E-state index contributed by atoms with van der Waals surface area (Å²) >= 11 is 15.4. The lowest BCUT2D eigenvalue weighted by Gasteiger charge is -2.07. The predicted octanol–water partition coefficient (Wildman–Crippen LogP) is 4.76. The van der Waals surface area contributed by atoms with E-state index >= 15 is 0 Å². The van der Waals surface area contributed by atoms with E-state index in [1.165, 1.54) is 0 Å². The fourth-order valence-electron chi connectivity index (χ4n) is 1.74. The number of Topliss-reactive ketones (excluding diaryl/α,β-unsaturated/α-hetero) is 1. The minimum Gasteiger partial charge on any atom is -0.399 e. The van der Waals surface area contributed by atoms with Crippen LogP contribution in [-0.2, 0) is 6.42 Å². The third kappa shape index (κ3) is 3.50. The van der Waals surface area contributed by atoms with Crippen molar-refractivity contribution in [3.63, 3.8) is 0 Å². The summed E-state index contributed by atoms with van der Waals surface area (Å²) in [6.07, 6.45) is 0.147. The number of nitrogens with two attached hydrogens (primary N) is 1. The van der Waals surface area contributed by atoms with Crippen LogP contribution in [0.4, 0.5) is 5.69 Å². The molecule has 0 aliphatic carbocycles. The lowest BCUT2D eigenvalue weighted by molar-refractivity contribution is 0.0993. The maximum absolute atomic E-state index is 12.2. The first-order chi connectivity index (χ1) is 8.97. The quantitative estimate of drug-likeness (QED) is 0.634. The molecule has 2 aromatic carbocycles. The lowest BCUT2D eigenvalue weighted by Crippen LogP contribution is -2.05. The zero-order valence-electron chi connectivity index (χ0n) is 9.79. The van der Waals surface area contributed by atoms with Crippen molar-refractivity contribution in [2.75, 3.05) is 5.73 Å². The van der Waals surface area contributed by atoms with Crippen molar-refractivity contribution >= 4 is 50.6 Å². The van der Waals surface area contributed by atoms with Crippen molar-refractivity contribution in [2.24, 2.45) is 0 Å². The maximum Gasteiger partial charge on any atom is 0.167 e. The van der Waals surface area contributed by atoms with Crippen molar-refractivity contribution in [1.29, 1.82) is 0 Å². The van der Waals surface area contributed by atoms with Gasteiger partial charge in [0.15, 0.2) is 5.78 Å². The summed E-state index contributed by atoms with van der Waals surface area (Å²) in [7, 11) is 0. The molecule has 0 aliphatic heterocycles. The lowest BCUT2D eigenvalue weighted by atomic mass is 10.0. The summed E-state index contributed by atoms with van der Waals surface area (Å²) in [6, 6.07) is 10.3. The molecule has 0 amide bonds. The zero-order chi connectivity index (χ0) is 14.0. The second-order valence-corrected chi connectivity index (χ2v) is 5.80. The summed E-state index contributed by atoms with van der Waals surface area (Å²) in [5.41, 5.74) is 7.41. The highest BCUT2D eigenvalue weighted by Gasteiger charge is 2.13. The van der Waals surface area contributed by atoms with Gasteiger partial charge in [0.05, 0.1) is 0 Å². The van der Waals surface area contributed by atoms with Crippen LogP contribution in [0.5, 0.6) is 0 Å². The van der Waals surface area contributed by atoms with Gasteiger partial charge in [0.2, 0.25) is 0 Å². The molecule has 19 heavy (non-hydrogen) atoms. The van der Waals surface area contributed by atoms with E-state index in [1.807, 2.05) is 0 Å². The van der Waals surface area contributed by atoms with Crippen LogP contribution in [0.3, 0.4) is 0 Å². The number of benzene rings is 2. The van der Waals surface area contributed by atoms with Crippen molar-refractivity contribution in [2.45, 2.75) is 6.42 Å². The van der Waals surface area contributed by atoms with E-state index < -0.39 is 0 Å². The Balaban J connectivity index is 2.31. The van der Waals surface area contributed by atoms with E-state index in [1.54, 1.807) is 36.4 Å². The molecule has 0 spiro atoms. The number of ketones is 1. The largest absolute Gasteiger partial charge is 0.399 e. The first-order valence-corrected chi connectivity index (χ1v) is 7.04. The topological polar surface area (TPSA) is 43.1 Å². The molecule has 0 radical (unpaired) electrons. The minimum absolute atomic E-state index is 0.0806. The van der Waals surface area contributed by atoms with Crippen molar-refractivity contribution in [3.8, 4) is 0 Å². The van der Waals surface area contributed by atoms with Gasteiger partial charge in [0.1, 0.15) is 0 Å². The van der Waals surface area contributed by atoms with Crippen molar-refractivity contribution in [1.82, 2.24) is 0 Å². The highest BCUT2D eigenvalue weighted by molar-refractivity contribution is 9.10. The highest BCUT2D eigenvalue weighted by Crippen LogP contribution is 2.26. The summed E-state index contributed by atoms with van der Waals surface area (Å²) in [4.78, 5) is 12.2. The number of halogens is 3. The third-order valence-electron chi connectivity index (χ3n) is 2.64. The molecule has 2 aromatic rings. The zero-order valence-corrected chi connectivity index (χ0v) is 12.9. The Bertz CT molecular complexity index is 603. The van der Waals surface area contributed by atoms with Crippen LogP contribution in [0, 0.1) is 0 Å². The fourth-order valence-corrected chi connectivity index (χ4v) is 2.78. The molecule has 0 unspecified atom stereocenters. The minimum atomic E-state index is -0.0806. The van der Waals surface area contributed by atoms with Crippen molar-refractivity contribution in [3.05, 3.63) is 62.0 Å². The number of hydrogen-bond donors (Lipinski definition) is 1. The maximum atomic E-state index is 12.2. The SMILES string of the molecule is Nc1cc(Br)cc(C(=O)Cc2c(Cl)cccc2Cl)c1. The monoisotopic (exact) mass is 357 g/mol. The van der Waals surface area contributed by atoms with Gasteiger partial charge in [-0.25, -0.2) is 0 Å². The second-order valence-electron chi connectivity index (χ2n) is 4.07. The van der Waals surface area contributed by atoms with Crippen LogP contribution in [0.2, 0.25) is 10.0 Å². The highest BCUT2D eigenvalue weighted by atomic mass is 79.9. The molecule has 0 atom stereocenters. The van der Waals surface area contributed by atoms with Gasteiger partial charge >= 0.3 is 0 Å². The molecule has 0 heterocycles. The molecule has 0 fully saturated rings. The average molecular weight is 359 g/mol. The Hall–Kier alpha value is -1.03.